The first-order valence-corrected chi connectivity index (χ1v) is 11.8. The lowest BCUT2D eigenvalue weighted by Gasteiger charge is -2.42. The molecule has 0 saturated heterocycles. The highest BCUT2D eigenvalue weighted by Gasteiger charge is 2.36. The maximum absolute atomic E-state index is 13.7. The Balaban J connectivity index is 1.33. The number of carbonyl (C=O) groups excluding carboxylic acids is 2. The van der Waals surface area contributed by atoms with Crippen LogP contribution in [0.4, 0.5) is 4.39 Å². The Hall–Kier alpha value is -3.91. The van der Waals surface area contributed by atoms with Crippen molar-refractivity contribution in [1.82, 2.24) is 4.90 Å². The van der Waals surface area contributed by atoms with E-state index >= 15 is 0 Å². The number of hydrogen-bond acceptors (Lipinski definition) is 7. The zero-order valence-electron chi connectivity index (χ0n) is 19.7. The summed E-state index contributed by atoms with van der Waals surface area (Å²) in [5.74, 6) is -0.280. The predicted molar refractivity (Wildman–Crippen MR) is 127 cm³/mol. The van der Waals surface area contributed by atoms with Gasteiger partial charge in [-0.05, 0) is 65.4 Å². The van der Waals surface area contributed by atoms with Gasteiger partial charge in [0.05, 0.1) is 7.11 Å². The van der Waals surface area contributed by atoms with E-state index in [1.807, 2.05) is 6.07 Å². The number of fused-ring (bicyclic) bond motifs is 5. The van der Waals surface area contributed by atoms with Gasteiger partial charge in [-0.2, -0.15) is 0 Å². The molecule has 3 heterocycles. The first kappa shape index (κ1) is 22.5. The quantitative estimate of drug-likeness (QED) is 0.231. The molecule has 0 N–H and O–H groups in total. The second-order valence-corrected chi connectivity index (χ2v) is 9.17. The zero-order valence-corrected chi connectivity index (χ0v) is 19.7. The van der Waals surface area contributed by atoms with Gasteiger partial charge >= 0.3 is 5.97 Å². The Kier molecular flexibility index (Phi) is 5.60. The van der Waals surface area contributed by atoms with Gasteiger partial charge in [0, 0.05) is 24.7 Å². The lowest BCUT2D eigenvalue weighted by atomic mass is 9.83. The van der Waals surface area contributed by atoms with Crippen molar-refractivity contribution in [3.05, 3.63) is 82.2 Å². The summed E-state index contributed by atoms with van der Waals surface area (Å²) in [6.45, 7) is 1.63. The third-order valence-corrected chi connectivity index (χ3v) is 7.22. The summed E-state index contributed by atoms with van der Waals surface area (Å²) in [7, 11) is 1.51. The molecule has 7 nitrogen and oxygen atoms in total. The van der Waals surface area contributed by atoms with Crippen LogP contribution in [0.15, 0.2) is 48.5 Å². The second kappa shape index (κ2) is 8.95. The van der Waals surface area contributed by atoms with Gasteiger partial charge in [-0.15, -0.1) is 0 Å². The molecule has 0 aliphatic carbocycles. The van der Waals surface area contributed by atoms with Gasteiger partial charge < -0.3 is 23.7 Å². The van der Waals surface area contributed by atoms with Crippen LogP contribution in [-0.2, 0) is 29.0 Å². The molecule has 3 aliphatic rings. The number of aldehydes is 1. The van der Waals surface area contributed by atoms with Gasteiger partial charge in [-0.1, -0.05) is 18.2 Å². The van der Waals surface area contributed by atoms with Crippen molar-refractivity contribution in [2.45, 2.75) is 31.3 Å². The average molecular weight is 489 g/mol. The SMILES string of the molecule is COc1ccc2c(c1OC(=O)C(C=O)c1cccc(F)c1)CN1CCc3cc4c(cc3C1C2)OCO4. The normalized spacial score (nSPS) is 18.4. The Labute approximate surface area is 207 Å². The molecule has 0 spiro atoms. The zero-order chi connectivity index (χ0) is 24.8. The summed E-state index contributed by atoms with van der Waals surface area (Å²) >= 11 is 0. The Morgan fingerprint density at radius 1 is 1.14 bits per heavy atom. The number of rotatable bonds is 5. The molecule has 8 heteroatoms. The minimum absolute atomic E-state index is 0.155. The molecule has 0 saturated carbocycles. The molecule has 2 unspecified atom stereocenters. The monoisotopic (exact) mass is 489 g/mol. The minimum atomic E-state index is -1.25. The summed E-state index contributed by atoms with van der Waals surface area (Å²) in [4.78, 5) is 27.2. The highest BCUT2D eigenvalue weighted by atomic mass is 19.1. The van der Waals surface area contributed by atoms with Gasteiger partial charge in [0.2, 0.25) is 6.79 Å². The highest BCUT2D eigenvalue weighted by Crippen LogP contribution is 2.46. The number of carbonyl (C=O) groups is 2. The fourth-order valence-corrected chi connectivity index (χ4v) is 5.40. The molecule has 0 bridgehead atoms. The van der Waals surface area contributed by atoms with E-state index in [4.69, 9.17) is 18.9 Å². The Morgan fingerprint density at radius 2 is 1.97 bits per heavy atom. The van der Waals surface area contributed by atoms with E-state index in [0.29, 0.717) is 24.3 Å². The van der Waals surface area contributed by atoms with Crippen LogP contribution in [0.1, 0.15) is 39.8 Å². The molecule has 6 rings (SSSR count). The highest BCUT2D eigenvalue weighted by molar-refractivity contribution is 5.95. The van der Waals surface area contributed by atoms with Crippen molar-refractivity contribution >= 4 is 12.3 Å². The van der Waals surface area contributed by atoms with E-state index < -0.39 is 17.7 Å². The molecule has 184 valence electrons. The topological polar surface area (TPSA) is 74.3 Å². The van der Waals surface area contributed by atoms with E-state index in [0.717, 1.165) is 42.0 Å². The summed E-state index contributed by atoms with van der Waals surface area (Å²) < 4.78 is 36.2. The standard InChI is InChI=1S/C28H24FNO6/c1-33-24-6-5-17-10-23-20-12-26-25(34-15-35-26)11-18(20)7-8-30(23)13-21(17)27(24)36-28(32)22(14-31)16-3-2-4-19(29)9-16/h2-6,9,11-12,14,22-23H,7-8,10,13,15H2,1H3. The maximum atomic E-state index is 13.7. The smallest absolute Gasteiger partial charge is 0.326 e. The molecule has 0 amide bonds. The van der Waals surface area contributed by atoms with E-state index in [1.54, 1.807) is 6.07 Å². The summed E-state index contributed by atoms with van der Waals surface area (Å²) in [5, 5.41) is 0. The third-order valence-electron chi connectivity index (χ3n) is 7.22. The van der Waals surface area contributed by atoms with Crippen LogP contribution in [0.25, 0.3) is 0 Å². The molecule has 0 aromatic heterocycles. The third kappa shape index (κ3) is 3.78. The number of methoxy groups -OCH3 is 1. The van der Waals surface area contributed by atoms with Crippen LogP contribution in [0, 0.1) is 5.82 Å². The molecular weight excluding hydrogens is 465 g/mol. The van der Waals surface area contributed by atoms with Crippen LogP contribution < -0.4 is 18.9 Å². The average Bonchev–Trinajstić information content (AvgIpc) is 3.34. The maximum Gasteiger partial charge on any atom is 0.326 e. The van der Waals surface area contributed by atoms with Gasteiger partial charge in [-0.25, -0.2) is 4.39 Å². The lowest BCUT2D eigenvalue weighted by Crippen LogP contribution is -2.39. The van der Waals surface area contributed by atoms with Crippen LogP contribution in [0.2, 0.25) is 0 Å². The van der Waals surface area contributed by atoms with Crippen molar-refractivity contribution in [2.24, 2.45) is 0 Å². The minimum Gasteiger partial charge on any atom is -0.493 e. The number of halogens is 1. The molecule has 3 aromatic rings. The fraction of sp³-hybridized carbons (Fsp3) is 0.286. The molecule has 2 atom stereocenters. The number of esters is 1. The van der Waals surface area contributed by atoms with E-state index in [1.165, 1.54) is 42.5 Å². The van der Waals surface area contributed by atoms with E-state index in [2.05, 4.69) is 17.0 Å². The van der Waals surface area contributed by atoms with E-state index in [9.17, 15) is 14.0 Å². The van der Waals surface area contributed by atoms with Crippen LogP contribution in [0.3, 0.4) is 0 Å². The molecule has 0 fully saturated rings. The number of hydrogen-bond donors (Lipinski definition) is 0. The summed E-state index contributed by atoms with van der Waals surface area (Å²) in [5.41, 5.74) is 4.61. The molecule has 36 heavy (non-hydrogen) atoms. The molecule has 0 radical (unpaired) electrons. The van der Waals surface area contributed by atoms with Gasteiger partial charge in [0.1, 0.15) is 18.0 Å². The number of nitrogens with zero attached hydrogens (tertiary/aromatic N) is 1. The molecule has 3 aromatic carbocycles. The summed E-state index contributed by atoms with van der Waals surface area (Å²) in [6.07, 6.45) is 2.06. The van der Waals surface area contributed by atoms with Crippen LogP contribution in [0.5, 0.6) is 23.0 Å². The molecular formula is C28H24FNO6. The lowest BCUT2D eigenvalue weighted by molar-refractivity contribution is -0.138. The van der Waals surface area contributed by atoms with Crippen molar-refractivity contribution in [3.63, 3.8) is 0 Å². The fourth-order valence-electron chi connectivity index (χ4n) is 5.40. The first-order valence-electron chi connectivity index (χ1n) is 11.8. The Bertz CT molecular complexity index is 1370. The van der Waals surface area contributed by atoms with Gasteiger partial charge in [-0.3, -0.25) is 9.69 Å². The predicted octanol–water partition coefficient (Wildman–Crippen LogP) is 4.11. The number of benzene rings is 3. The van der Waals surface area contributed by atoms with E-state index in [-0.39, 0.29) is 18.4 Å². The molecule has 3 aliphatic heterocycles. The second-order valence-electron chi connectivity index (χ2n) is 9.17. The van der Waals surface area contributed by atoms with Crippen molar-refractivity contribution in [2.75, 3.05) is 20.4 Å². The van der Waals surface area contributed by atoms with Crippen LogP contribution in [-0.4, -0.2) is 37.6 Å². The first-order chi connectivity index (χ1) is 17.6. The van der Waals surface area contributed by atoms with Crippen molar-refractivity contribution in [3.8, 4) is 23.0 Å². The number of ether oxygens (including phenoxy) is 4. The van der Waals surface area contributed by atoms with Crippen LogP contribution >= 0.6 is 0 Å². The Morgan fingerprint density at radius 3 is 2.75 bits per heavy atom. The summed E-state index contributed by atoms with van der Waals surface area (Å²) in [6, 6.07) is 13.5. The largest absolute Gasteiger partial charge is 0.493 e. The van der Waals surface area contributed by atoms with Crippen molar-refractivity contribution < 1.29 is 32.9 Å². The van der Waals surface area contributed by atoms with Gasteiger partial charge in [0.15, 0.2) is 23.0 Å². The van der Waals surface area contributed by atoms with Gasteiger partial charge in [0.25, 0.3) is 0 Å². The van der Waals surface area contributed by atoms with Crippen molar-refractivity contribution in [1.29, 1.82) is 0 Å².